The van der Waals surface area contributed by atoms with Crippen LogP contribution in [0.15, 0.2) is 36.7 Å². The standard InChI is InChI=1S/C17H23FN4O/c1-12(21-14-10-20-22(11-14)17(2,3)4)16(23)19-9-13-7-5-6-8-15(13)18/h5-8,10-12,21H,9H2,1-4H3,(H,19,23)/t12-/m0/s1. The quantitative estimate of drug-likeness (QED) is 0.891. The summed E-state index contributed by atoms with van der Waals surface area (Å²) in [7, 11) is 0. The van der Waals surface area contributed by atoms with Gasteiger partial charge in [0, 0.05) is 18.3 Å². The van der Waals surface area contributed by atoms with Crippen LogP contribution in [-0.2, 0) is 16.9 Å². The van der Waals surface area contributed by atoms with Crippen LogP contribution in [0, 0.1) is 5.82 Å². The van der Waals surface area contributed by atoms with E-state index in [1.54, 1.807) is 31.3 Å². The van der Waals surface area contributed by atoms with Gasteiger partial charge in [0.1, 0.15) is 11.9 Å². The first kappa shape index (κ1) is 17.0. The molecule has 0 saturated carbocycles. The number of benzene rings is 1. The highest BCUT2D eigenvalue weighted by atomic mass is 19.1. The molecular weight excluding hydrogens is 295 g/mol. The number of anilines is 1. The summed E-state index contributed by atoms with van der Waals surface area (Å²) in [5.74, 6) is -0.517. The molecule has 1 amide bonds. The molecule has 124 valence electrons. The summed E-state index contributed by atoms with van der Waals surface area (Å²) in [6, 6.07) is 5.95. The molecule has 1 aromatic carbocycles. The van der Waals surface area contributed by atoms with Gasteiger partial charge in [-0.3, -0.25) is 9.48 Å². The predicted octanol–water partition coefficient (Wildman–Crippen LogP) is 2.89. The molecule has 1 aromatic heterocycles. The predicted molar refractivity (Wildman–Crippen MR) is 88.6 cm³/mol. The lowest BCUT2D eigenvalue weighted by Gasteiger charge is -2.19. The van der Waals surface area contributed by atoms with E-state index in [-0.39, 0.29) is 23.8 Å². The molecule has 0 saturated heterocycles. The third kappa shape index (κ3) is 4.55. The lowest BCUT2D eigenvalue weighted by Crippen LogP contribution is -2.37. The van der Waals surface area contributed by atoms with Gasteiger partial charge >= 0.3 is 0 Å². The lowest BCUT2D eigenvalue weighted by atomic mass is 10.1. The molecule has 5 nitrogen and oxygen atoms in total. The zero-order valence-corrected chi connectivity index (χ0v) is 13.9. The van der Waals surface area contributed by atoms with Gasteiger partial charge in [0.05, 0.1) is 17.4 Å². The molecule has 2 rings (SSSR count). The van der Waals surface area contributed by atoms with E-state index < -0.39 is 6.04 Å². The summed E-state index contributed by atoms with van der Waals surface area (Å²) in [4.78, 5) is 12.1. The van der Waals surface area contributed by atoms with Crippen molar-refractivity contribution in [3.8, 4) is 0 Å². The fraction of sp³-hybridized carbons (Fsp3) is 0.412. The number of carbonyl (C=O) groups excluding carboxylic acids is 1. The fourth-order valence-electron chi connectivity index (χ4n) is 2.06. The zero-order chi connectivity index (χ0) is 17.0. The zero-order valence-electron chi connectivity index (χ0n) is 13.9. The van der Waals surface area contributed by atoms with Gasteiger partial charge in [0.15, 0.2) is 0 Å². The van der Waals surface area contributed by atoms with Gasteiger partial charge in [0.25, 0.3) is 0 Å². The molecule has 0 unspecified atom stereocenters. The SMILES string of the molecule is C[C@H](Nc1cnn(C(C)(C)C)c1)C(=O)NCc1ccccc1F. The molecule has 2 N–H and O–H groups in total. The van der Waals surface area contributed by atoms with E-state index in [2.05, 4.69) is 15.7 Å². The van der Waals surface area contributed by atoms with Crippen molar-refractivity contribution in [1.82, 2.24) is 15.1 Å². The Balaban J connectivity index is 1.90. The van der Waals surface area contributed by atoms with E-state index in [0.717, 1.165) is 5.69 Å². The van der Waals surface area contributed by atoms with Crippen LogP contribution >= 0.6 is 0 Å². The summed E-state index contributed by atoms with van der Waals surface area (Å²) >= 11 is 0. The van der Waals surface area contributed by atoms with Crippen LogP contribution in [0.4, 0.5) is 10.1 Å². The second kappa shape index (κ2) is 6.81. The third-order valence-corrected chi connectivity index (χ3v) is 3.46. The number of nitrogens with one attached hydrogen (secondary N) is 2. The minimum atomic E-state index is -0.445. The molecule has 0 bridgehead atoms. The molecule has 23 heavy (non-hydrogen) atoms. The highest BCUT2D eigenvalue weighted by Crippen LogP contribution is 2.16. The van der Waals surface area contributed by atoms with Crippen molar-refractivity contribution < 1.29 is 9.18 Å². The van der Waals surface area contributed by atoms with Gasteiger partial charge in [-0.15, -0.1) is 0 Å². The number of hydrogen-bond donors (Lipinski definition) is 2. The summed E-state index contributed by atoms with van der Waals surface area (Å²) in [6.45, 7) is 8.07. The van der Waals surface area contributed by atoms with E-state index in [9.17, 15) is 9.18 Å². The summed E-state index contributed by atoms with van der Waals surface area (Å²) < 4.78 is 15.4. The first-order valence-corrected chi connectivity index (χ1v) is 7.60. The first-order valence-electron chi connectivity index (χ1n) is 7.60. The van der Waals surface area contributed by atoms with Crippen molar-refractivity contribution in [3.63, 3.8) is 0 Å². The second-order valence-corrected chi connectivity index (χ2v) is 6.52. The van der Waals surface area contributed by atoms with E-state index >= 15 is 0 Å². The smallest absolute Gasteiger partial charge is 0.242 e. The Hall–Kier alpha value is -2.37. The molecule has 2 aromatic rings. The van der Waals surface area contributed by atoms with Crippen molar-refractivity contribution in [2.24, 2.45) is 0 Å². The number of halogens is 1. The average Bonchev–Trinajstić information content (AvgIpc) is 2.94. The molecule has 0 fully saturated rings. The largest absolute Gasteiger partial charge is 0.371 e. The minimum Gasteiger partial charge on any atom is -0.371 e. The van der Waals surface area contributed by atoms with Gasteiger partial charge in [-0.05, 0) is 33.8 Å². The molecule has 0 spiro atoms. The van der Waals surface area contributed by atoms with E-state index in [1.165, 1.54) is 6.07 Å². The van der Waals surface area contributed by atoms with Crippen LogP contribution < -0.4 is 10.6 Å². The molecular formula is C17H23FN4O. The Bertz CT molecular complexity index is 675. The number of nitrogens with zero attached hydrogens (tertiary/aromatic N) is 2. The van der Waals surface area contributed by atoms with Crippen LogP contribution in [0.5, 0.6) is 0 Å². The highest BCUT2D eigenvalue weighted by Gasteiger charge is 2.17. The normalized spacial score (nSPS) is 12.7. The van der Waals surface area contributed by atoms with Crippen LogP contribution in [0.2, 0.25) is 0 Å². The minimum absolute atomic E-state index is 0.115. The van der Waals surface area contributed by atoms with Gasteiger partial charge in [-0.2, -0.15) is 5.10 Å². The molecule has 0 radical (unpaired) electrons. The Morgan fingerprint density at radius 1 is 1.35 bits per heavy atom. The van der Waals surface area contributed by atoms with Gasteiger partial charge in [-0.1, -0.05) is 18.2 Å². The Labute approximate surface area is 135 Å². The van der Waals surface area contributed by atoms with Crippen LogP contribution in [-0.4, -0.2) is 21.7 Å². The maximum Gasteiger partial charge on any atom is 0.242 e. The van der Waals surface area contributed by atoms with Crippen molar-refractivity contribution in [2.75, 3.05) is 5.32 Å². The van der Waals surface area contributed by atoms with Crippen molar-refractivity contribution in [3.05, 3.63) is 48.0 Å². The molecule has 0 aliphatic heterocycles. The number of rotatable bonds is 5. The van der Waals surface area contributed by atoms with Crippen molar-refractivity contribution >= 4 is 11.6 Å². The monoisotopic (exact) mass is 318 g/mol. The topological polar surface area (TPSA) is 59.0 Å². The summed E-state index contributed by atoms with van der Waals surface area (Å²) in [6.07, 6.45) is 3.55. The molecule has 1 atom stereocenters. The summed E-state index contributed by atoms with van der Waals surface area (Å²) in [5, 5.41) is 10.1. The lowest BCUT2D eigenvalue weighted by molar-refractivity contribution is -0.121. The number of carbonyl (C=O) groups is 1. The van der Waals surface area contributed by atoms with Crippen molar-refractivity contribution in [2.45, 2.75) is 45.8 Å². The maximum absolute atomic E-state index is 13.5. The van der Waals surface area contributed by atoms with Gasteiger partial charge < -0.3 is 10.6 Å². The highest BCUT2D eigenvalue weighted by molar-refractivity contribution is 5.84. The first-order chi connectivity index (χ1) is 10.8. The van der Waals surface area contributed by atoms with E-state index in [1.807, 2.05) is 31.6 Å². The Morgan fingerprint density at radius 3 is 2.65 bits per heavy atom. The Kier molecular flexibility index (Phi) is 5.03. The second-order valence-electron chi connectivity index (χ2n) is 6.52. The molecule has 0 aliphatic carbocycles. The molecule has 6 heteroatoms. The van der Waals surface area contributed by atoms with Gasteiger partial charge in [0.2, 0.25) is 5.91 Å². The number of amides is 1. The van der Waals surface area contributed by atoms with Crippen LogP contribution in [0.1, 0.15) is 33.3 Å². The van der Waals surface area contributed by atoms with E-state index in [0.29, 0.717) is 5.56 Å². The van der Waals surface area contributed by atoms with E-state index in [4.69, 9.17) is 0 Å². The Morgan fingerprint density at radius 2 is 2.04 bits per heavy atom. The molecule has 0 aliphatic rings. The maximum atomic E-state index is 13.5. The summed E-state index contributed by atoms with van der Waals surface area (Å²) in [5.41, 5.74) is 1.12. The third-order valence-electron chi connectivity index (χ3n) is 3.46. The molecule has 1 heterocycles. The number of aromatic nitrogens is 2. The average molecular weight is 318 g/mol. The van der Waals surface area contributed by atoms with Gasteiger partial charge in [-0.25, -0.2) is 4.39 Å². The number of hydrogen-bond acceptors (Lipinski definition) is 3. The van der Waals surface area contributed by atoms with Crippen molar-refractivity contribution in [1.29, 1.82) is 0 Å². The fourth-order valence-corrected chi connectivity index (χ4v) is 2.06. The van der Waals surface area contributed by atoms with Crippen LogP contribution in [0.25, 0.3) is 0 Å². The van der Waals surface area contributed by atoms with Crippen LogP contribution in [0.3, 0.4) is 0 Å².